The Bertz CT molecular complexity index is 234. The van der Waals surface area contributed by atoms with Gasteiger partial charge in [0.25, 0.3) is 11.8 Å². The summed E-state index contributed by atoms with van der Waals surface area (Å²) in [7, 11) is 0. The van der Waals surface area contributed by atoms with Crippen LogP contribution < -0.4 is 0 Å². The van der Waals surface area contributed by atoms with E-state index in [1.54, 1.807) is 0 Å². The first-order chi connectivity index (χ1) is 5.40. The highest BCUT2D eigenvalue weighted by Gasteiger charge is 2.28. The third-order valence-electron chi connectivity index (χ3n) is 1.13. The fraction of sp³-hybridized carbons (Fsp3) is 0.500. The Balaban J connectivity index is 2.66. The first-order valence-corrected chi connectivity index (χ1v) is 4.43. The first kappa shape index (κ1) is 9.32. The van der Waals surface area contributed by atoms with Gasteiger partial charge in [0.2, 0.25) is 0 Å². The molecule has 0 atom stereocenters. The molecule has 12 heavy (non-hydrogen) atoms. The Morgan fingerprint density at radius 3 is 1.92 bits per heavy atom. The molecule has 0 aliphatic carbocycles. The molecule has 0 fully saturated rings. The lowest BCUT2D eigenvalue weighted by Crippen LogP contribution is -2.28. The van der Waals surface area contributed by atoms with Gasteiger partial charge in [-0.3, -0.25) is 9.59 Å². The number of carbonyl (C=O) groups excluding carboxylic acids is 2. The summed E-state index contributed by atoms with van der Waals surface area (Å²) in [4.78, 5) is 22.1. The number of rotatable bonds is 1. The van der Waals surface area contributed by atoms with Crippen molar-refractivity contribution in [3.05, 3.63) is 12.2 Å². The lowest BCUT2D eigenvalue weighted by molar-refractivity contribution is -0.130. The number of hydrogen-bond acceptors (Lipinski definition) is 3. The van der Waals surface area contributed by atoms with Crippen LogP contribution in [0.25, 0.3) is 0 Å². The second kappa shape index (κ2) is 2.94. The number of nitrogens with zero attached hydrogens (tertiary/aromatic N) is 1. The molecule has 0 aromatic rings. The topological polar surface area (TPSA) is 37.4 Å². The summed E-state index contributed by atoms with van der Waals surface area (Å²) >= 11 is 1.25. The summed E-state index contributed by atoms with van der Waals surface area (Å²) in [5.74, 6) is -0.472. The Morgan fingerprint density at radius 2 is 1.58 bits per heavy atom. The second-order valence-electron chi connectivity index (χ2n) is 3.51. The Kier molecular flexibility index (Phi) is 2.28. The number of amides is 2. The largest absolute Gasteiger partial charge is 0.268 e. The number of carbonyl (C=O) groups is 2. The van der Waals surface area contributed by atoms with E-state index in [1.165, 1.54) is 28.4 Å². The van der Waals surface area contributed by atoms with E-state index in [1.807, 2.05) is 20.8 Å². The predicted molar refractivity (Wildman–Crippen MR) is 48.3 cm³/mol. The van der Waals surface area contributed by atoms with Crippen molar-refractivity contribution in [3.63, 3.8) is 0 Å². The summed E-state index contributed by atoms with van der Waals surface area (Å²) < 4.78 is 1.07. The zero-order valence-corrected chi connectivity index (χ0v) is 8.14. The Hall–Kier alpha value is -0.770. The smallest absolute Gasteiger partial charge is 0.263 e. The van der Waals surface area contributed by atoms with Crippen LogP contribution >= 0.6 is 11.9 Å². The van der Waals surface area contributed by atoms with Crippen LogP contribution in [0.4, 0.5) is 0 Å². The first-order valence-electron chi connectivity index (χ1n) is 3.65. The summed E-state index contributed by atoms with van der Waals surface area (Å²) in [6, 6.07) is 0. The third kappa shape index (κ3) is 2.11. The van der Waals surface area contributed by atoms with Crippen LogP contribution in [-0.2, 0) is 9.59 Å². The molecule has 3 nitrogen and oxygen atoms in total. The van der Waals surface area contributed by atoms with Gasteiger partial charge in [-0.2, -0.15) is 0 Å². The molecule has 0 bridgehead atoms. The van der Waals surface area contributed by atoms with Crippen molar-refractivity contribution in [1.29, 1.82) is 0 Å². The fourth-order valence-electron chi connectivity index (χ4n) is 0.750. The highest BCUT2D eigenvalue weighted by atomic mass is 32.2. The summed E-state index contributed by atoms with van der Waals surface area (Å²) in [5.41, 5.74) is 0. The van der Waals surface area contributed by atoms with E-state index in [9.17, 15) is 9.59 Å². The molecule has 0 aromatic carbocycles. The second-order valence-corrected chi connectivity index (χ2v) is 5.28. The van der Waals surface area contributed by atoms with Gasteiger partial charge in [0.15, 0.2) is 0 Å². The molecule has 0 saturated heterocycles. The van der Waals surface area contributed by atoms with Crippen molar-refractivity contribution >= 4 is 23.8 Å². The maximum Gasteiger partial charge on any atom is 0.263 e. The number of hydrogen-bond donors (Lipinski definition) is 0. The van der Waals surface area contributed by atoms with E-state index in [0.29, 0.717) is 0 Å². The van der Waals surface area contributed by atoms with Gasteiger partial charge in [0.1, 0.15) is 0 Å². The summed E-state index contributed by atoms with van der Waals surface area (Å²) in [5, 5.41) is 0. The molecule has 0 spiro atoms. The van der Waals surface area contributed by atoms with E-state index in [-0.39, 0.29) is 16.6 Å². The minimum Gasteiger partial charge on any atom is -0.268 e. The summed E-state index contributed by atoms with van der Waals surface area (Å²) in [6.45, 7) is 5.86. The van der Waals surface area contributed by atoms with E-state index >= 15 is 0 Å². The van der Waals surface area contributed by atoms with Crippen molar-refractivity contribution in [3.8, 4) is 0 Å². The quantitative estimate of drug-likeness (QED) is 0.457. The van der Waals surface area contributed by atoms with E-state index < -0.39 is 0 Å². The van der Waals surface area contributed by atoms with Crippen LogP contribution in [0.1, 0.15) is 20.8 Å². The van der Waals surface area contributed by atoms with Crippen LogP contribution in [0.3, 0.4) is 0 Å². The van der Waals surface area contributed by atoms with Gasteiger partial charge >= 0.3 is 0 Å². The van der Waals surface area contributed by atoms with E-state index in [0.717, 1.165) is 0 Å². The monoisotopic (exact) mass is 185 g/mol. The molecule has 0 saturated carbocycles. The fourth-order valence-corrected chi connectivity index (χ4v) is 1.60. The highest BCUT2D eigenvalue weighted by molar-refractivity contribution is 7.99. The van der Waals surface area contributed by atoms with Crippen molar-refractivity contribution in [2.45, 2.75) is 25.5 Å². The van der Waals surface area contributed by atoms with E-state index in [4.69, 9.17) is 0 Å². The summed E-state index contributed by atoms with van der Waals surface area (Å²) in [6.07, 6.45) is 2.59. The standard InChI is InChI=1S/C8H11NO2S/c1-8(2,3)12-9-6(10)4-5-7(9)11/h4-5H,1-3H3. The van der Waals surface area contributed by atoms with E-state index in [2.05, 4.69) is 0 Å². The molecule has 0 N–H and O–H groups in total. The van der Waals surface area contributed by atoms with Gasteiger partial charge in [-0.05, 0) is 32.7 Å². The van der Waals surface area contributed by atoms with Crippen molar-refractivity contribution in [2.24, 2.45) is 0 Å². The lowest BCUT2D eigenvalue weighted by atomic mass is 10.3. The Morgan fingerprint density at radius 1 is 1.17 bits per heavy atom. The minimum absolute atomic E-state index is 0.114. The van der Waals surface area contributed by atoms with Crippen LogP contribution in [0.5, 0.6) is 0 Å². The van der Waals surface area contributed by atoms with Crippen molar-refractivity contribution in [2.75, 3.05) is 0 Å². The zero-order valence-electron chi connectivity index (χ0n) is 7.33. The predicted octanol–water partition coefficient (Wildman–Crippen LogP) is 1.36. The maximum absolute atomic E-state index is 11.1. The average Bonchev–Trinajstić information content (AvgIpc) is 2.16. The molecule has 0 aromatic heterocycles. The average molecular weight is 185 g/mol. The zero-order chi connectivity index (χ0) is 9.35. The van der Waals surface area contributed by atoms with Gasteiger partial charge in [0.05, 0.1) is 0 Å². The van der Waals surface area contributed by atoms with Crippen molar-refractivity contribution < 1.29 is 9.59 Å². The maximum atomic E-state index is 11.1. The van der Waals surface area contributed by atoms with Gasteiger partial charge in [-0.25, -0.2) is 4.31 Å². The Labute approximate surface area is 75.9 Å². The van der Waals surface area contributed by atoms with Crippen molar-refractivity contribution in [1.82, 2.24) is 4.31 Å². The molecule has 66 valence electrons. The normalized spacial score (nSPS) is 17.8. The van der Waals surface area contributed by atoms with Crippen LogP contribution in [0.15, 0.2) is 12.2 Å². The van der Waals surface area contributed by atoms with Crippen LogP contribution in [0.2, 0.25) is 0 Å². The minimum atomic E-state index is -0.236. The lowest BCUT2D eigenvalue weighted by Gasteiger charge is -2.22. The SMILES string of the molecule is CC(C)(C)SN1C(=O)C=CC1=O. The molecule has 1 aliphatic rings. The highest BCUT2D eigenvalue weighted by Crippen LogP contribution is 2.29. The number of imide groups is 1. The molecule has 0 unspecified atom stereocenters. The molecule has 0 radical (unpaired) electrons. The van der Waals surface area contributed by atoms with Crippen LogP contribution in [0, 0.1) is 0 Å². The van der Waals surface area contributed by atoms with Gasteiger partial charge in [-0.1, -0.05) is 0 Å². The molecule has 1 heterocycles. The molecule has 1 rings (SSSR count). The molecule has 4 heteroatoms. The van der Waals surface area contributed by atoms with Gasteiger partial charge < -0.3 is 0 Å². The molecule has 1 aliphatic heterocycles. The van der Waals surface area contributed by atoms with Gasteiger partial charge in [-0.15, -0.1) is 0 Å². The molecule has 2 amide bonds. The van der Waals surface area contributed by atoms with Gasteiger partial charge in [0, 0.05) is 16.9 Å². The molecular weight excluding hydrogens is 174 g/mol. The van der Waals surface area contributed by atoms with Crippen LogP contribution in [-0.4, -0.2) is 20.9 Å². The third-order valence-corrected chi connectivity index (χ3v) is 2.22. The molecular formula is C8H11NO2S.